The highest BCUT2D eigenvalue weighted by Gasteiger charge is 2.50. The maximum atomic E-state index is 13.7. The Hall–Kier alpha value is -3.19. The third-order valence-corrected chi connectivity index (χ3v) is 8.85. The molecule has 4 rings (SSSR count). The number of amidine groups is 1. The van der Waals surface area contributed by atoms with Crippen LogP contribution in [0.15, 0.2) is 69.3 Å². The average Bonchev–Trinajstić information content (AvgIpc) is 3.45. The average molecular weight is 595 g/mol. The lowest BCUT2D eigenvalue weighted by molar-refractivity contribution is -0.581. The van der Waals surface area contributed by atoms with Gasteiger partial charge in [0.15, 0.2) is 23.0 Å². The molecule has 39 heavy (non-hydrogen) atoms. The number of carbonyl (C=O) groups excluding carboxylic acids is 1. The summed E-state index contributed by atoms with van der Waals surface area (Å²) < 4.78 is 40.3. The van der Waals surface area contributed by atoms with Crippen LogP contribution in [0.2, 0.25) is 0 Å². The molecule has 1 aliphatic rings. The van der Waals surface area contributed by atoms with Gasteiger partial charge in [0.1, 0.15) is 6.54 Å². The van der Waals surface area contributed by atoms with E-state index >= 15 is 0 Å². The lowest BCUT2D eigenvalue weighted by Crippen LogP contribution is -2.87. The molecule has 3 aromatic rings. The van der Waals surface area contributed by atoms with Crippen molar-refractivity contribution < 1.29 is 38.8 Å². The highest BCUT2D eigenvalue weighted by Crippen LogP contribution is 2.60. The van der Waals surface area contributed by atoms with Crippen molar-refractivity contribution in [2.24, 2.45) is 4.76 Å². The molecular formula is C25H27F2N5O4PS2+3. The maximum Gasteiger partial charge on any atom is 0.432 e. The van der Waals surface area contributed by atoms with Gasteiger partial charge in [-0.05, 0) is 47.4 Å². The summed E-state index contributed by atoms with van der Waals surface area (Å²) >= 11 is 2.73. The van der Waals surface area contributed by atoms with E-state index in [1.54, 1.807) is 41.9 Å². The van der Waals surface area contributed by atoms with Crippen molar-refractivity contribution in [3.05, 3.63) is 87.3 Å². The molecule has 0 aliphatic carbocycles. The molecule has 9 nitrogen and oxygen atoms in total. The van der Waals surface area contributed by atoms with Gasteiger partial charge in [-0.1, -0.05) is 18.0 Å². The van der Waals surface area contributed by atoms with Gasteiger partial charge in [0.2, 0.25) is 16.8 Å². The standard InChI is InChI=1S/C25H24F2N5O4PS2/c1-3-36-37(35)20-11-16(32-38-2)5-7-19(20)30-24(31-37)21(23(33)22(28)15-8-9-39-13-15)25(34)29-12-14-4-6-17(26)18(27)10-14/h4-11,13,35H,3,12H2,1-2H3,(H4-,28,29,30,31,32,33,34)/p+3. The number of hydrogen-bond acceptors (Lipinski definition) is 9. The number of benzene rings is 2. The SMILES string of the molecule is CCO[P+]1(O)N=C(C(C(=O)[NH2+]Cc2ccc(F)c(F)c2)=C(O)C(=[NH2+])c2ccsc2)Nc2ccc(NSC)cc21. The van der Waals surface area contributed by atoms with Gasteiger partial charge in [0, 0.05) is 29.0 Å². The highest BCUT2D eigenvalue weighted by atomic mass is 32.2. The van der Waals surface area contributed by atoms with Crippen molar-refractivity contribution in [1.82, 2.24) is 0 Å². The third kappa shape index (κ3) is 6.35. The van der Waals surface area contributed by atoms with E-state index in [9.17, 15) is 23.6 Å². The molecule has 0 radical (unpaired) electrons. The van der Waals surface area contributed by atoms with Gasteiger partial charge in [0.05, 0.1) is 17.9 Å². The number of thiophene rings is 1. The van der Waals surface area contributed by atoms with Crippen molar-refractivity contribution in [3.8, 4) is 0 Å². The first-order chi connectivity index (χ1) is 18.7. The van der Waals surface area contributed by atoms with Gasteiger partial charge < -0.3 is 15.1 Å². The van der Waals surface area contributed by atoms with Crippen LogP contribution in [0.3, 0.4) is 0 Å². The van der Waals surface area contributed by atoms with Crippen molar-refractivity contribution in [1.29, 1.82) is 0 Å². The predicted octanol–water partition coefficient (Wildman–Crippen LogP) is 2.31. The molecule has 204 valence electrons. The van der Waals surface area contributed by atoms with Crippen LogP contribution in [-0.2, 0) is 15.9 Å². The summed E-state index contributed by atoms with van der Waals surface area (Å²) in [4.78, 5) is 25.1. The number of allylic oxidation sites excluding steroid dienone is 1. The molecule has 1 aromatic heterocycles. The number of anilines is 2. The zero-order valence-corrected chi connectivity index (χ0v) is 23.5. The molecule has 0 fully saturated rings. The minimum atomic E-state index is -3.65. The predicted molar refractivity (Wildman–Crippen MR) is 152 cm³/mol. The molecule has 2 aromatic carbocycles. The fraction of sp³-hybridized carbons (Fsp3) is 0.160. The van der Waals surface area contributed by atoms with Gasteiger partial charge >= 0.3 is 13.8 Å². The number of quaternary nitrogens is 1. The number of rotatable bonds is 10. The van der Waals surface area contributed by atoms with E-state index in [1.165, 1.54) is 34.7 Å². The number of carbonyl (C=O) groups is 1. The quantitative estimate of drug-likeness (QED) is 0.0695. The van der Waals surface area contributed by atoms with Gasteiger partial charge in [-0.2, -0.15) is 20.8 Å². The van der Waals surface area contributed by atoms with Gasteiger partial charge in [-0.15, -0.1) is 0 Å². The van der Waals surface area contributed by atoms with Crippen LogP contribution in [0.5, 0.6) is 0 Å². The number of amides is 1. The number of primary amides is 1. The van der Waals surface area contributed by atoms with E-state index in [1.807, 2.05) is 6.26 Å². The van der Waals surface area contributed by atoms with E-state index in [2.05, 4.69) is 14.8 Å². The number of halogens is 2. The number of nitrogens with two attached hydrogens (primary N) is 2. The largest absolute Gasteiger partial charge is 0.501 e. The summed E-state index contributed by atoms with van der Waals surface area (Å²) in [5, 5.41) is 25.6. The molecule has 1 atom stereocenters. The number of aliphatic hydroxyl groups excluding tert-OH is 1. The van der Waals surface area contributed by atoms with Crippen LogP contribution in [0.25, 0.3) is 0 Å². The monoisotopic (exact) mass is 594 g/mol. The van der Waals surface area contributed by atoms with E-state index in [0.29, 0.717) is 27.8 Å². The zero-order chi connectivity index (χ0) is 28.2. The van der Waals surface area contributed by atoms with Gasteiger partial charge in [-0.3, -0.25) is 10.7 Å². The molecular weight excluding hydrogens is 567 g/mol. The summed E-state index contributed by atoms with van der Waals surface area (Å²) in [5.74, 6) is -3.44. The Morgan fingerprint density at radius 1 is 1.26 bits per heavy atom. The molecule has 8 N–H and O–H groups in total. The Balaban J connectivity index is 1.77. The van der Waals surface area contributed by atoms with Crippen molar-refractivity contribution >= 4 is 65.3 Å². The molecule has 0 saturated heterocycles. The molecule has 0 spiro atoms. The number of nitrogens with one attached hydrogen (secondary N) is 2. The second kappa shape index (κ2) is 12.3. The molecule has 0 saturated carbocycles. The van der Waals surface area contributed by atoms with E-state index < -0.39 is 31.2 Å². The van der Waals surface area contributed by atoms with Crippen LogP contribution in [0.4, 0.5) is 20.2 Å². The molecule has 1 unspecified atom stereocenters. The summed E-state index contributed by atoms with van der Waals surface area (Å²) in [6.45, 7) is 1.77. The number of aliphatic hydroxyl groups is 1. The van der Waals surface area contributed by atoms with Gasteiger partial charge in [0.25, 0.3) is 0 Å². The van der Waals surface area contributed by atoms with E-state index in [-0.39, 0.29) is 30.3 Å². The minimum Gasteiger partial charge on any atom is -0.501 e. The van der Waals surface area contributed by atoms with Crippen LogP contribution in [-0.4, -0.2) is 40.3 Å². The smallest absolute Gasteiger partial charge is 0.432 e. The normalized spacial score (nSPS) is 17.0. The molecule has 1 amide bonds. The van der Waals surface area contributed by atoms with Crippen LogP contribution < -0.4 is 26.1 Å². The molecule has 2 heterocycles. The van der Waals surface area contributed by atoms with Crippen LogP contribution in [0.1, 0.15) is 18.1 Å². The molecule has 0 bridgehead atoms. The van der Waals surface area contributed by atoms with Crippen molar-refractivity contribution in [2.45, 2.75) is 13.5 Å². The molecule has 14 heteroatoms. The Bertz CT molecular complexity index is 1470. The van der Waals surface area contributed by atoms with Gasteiger partial charge in [-0.25, -0.2) is 13.6 Å². The third-order valence-electron chi connectivity index (χ3n) is 5.64. The lowest BCUT2D eigenvalue weighted by atomic mass is 10.1. The number of nitrogens with zero attached hydrogens (tertiary/aromatic N) is 1. The topological polar surface area (TPSA) is 145 Å². The van der Waals surface area contributed by atoms with Crippen molar-refractivity contribution in [3.63, 3.8) is 0 Å². The highest BCUT2D eigenvalue weighted by molar-refractivity contribution is 7.99. The number of fused-ring (bicyclic) bond motifs is 1. The van der Waals surface area contributed by atoms with Crippen LogP contribution >= 0.6 is 31.2 Å². The Kier molecular flexibility index (Phi) is 9.11. The zero-order valence-electron chi connectivity index (χ0n) is 20.9. The minimum absolute atomic E-state index is 0.0659. The Morgan fingerprint density at radius 3 is 2.72 bits per heavy atom. The molecule has 1 aliphatic heterocycles. The second-order valence-corrected chi connectivity index (χ2v) is 11.7. The Labute approximate surface area is 232 Å². The second-order valence-electron chi connectivity index (χ2n) is 8.24. The van der Waals surface area contributed by atoms with Crippen LogP contribution in [0, 0.1) is 11.6 Å². The van der Waals surface area contributed by atoms with E-state index in [4.69, 9.17) is 9.93 Å². The first kappa shape index (κ1) is 28.8. The maximum absolute atomic E-state index is 13.7. The Morgan fingerprint density at radius 2 is 2.05 bits per heavy atom. The lowest BCUT2D eigenvalue weighted by Gasteiger charge is -2.23. The summed E-state index contributed by atoms with van der Waals surface area (Å²) in [6, 6.07) is 10.2. The summed E-state index contributed by atoms with van der Waals surface area (Å²) in [5.41, 5.74) is 1.59. The summed E-state index contributed by atoms with van der Waals surface area (Å²) in [7, 11) is -3.65. The fourth-order valence-electron chi connectivity index (χ4n) is 3.81. The van der Waals surface area contributed by atoms with Crippen molar-refractivity contribution in [2.75, 3.05) is 22.9 Å². The summed E-state index contributed by atoms with van der Waals surface area (Å²) in [6.07, 6.45) is 1.86. The first-order valence-corrected chi connectivity index (χ1v) is 15.4. The number of hydrogen-bond donors (Lipinski definition) is 6. The fourth-order valence-corrected chi connectivity index (χ4v) is 6.66. The van der Waals surface area contributed by atoms with E-state index in [0.717, 1.165) is 12.1 Å². The first-order valence-electron chi connectivity index (χ1n) is 11.6.